The van der Waals surface area contributed by atoms with E-state index in [2.05, 4.69) is 0 Å². The van der Waals surface area contributed by atoms with Gasteiger partial charge in [-0.3, -0.25) is 0 Å². The van der Waals surface area contributed by atoms with Crippen molar-refractivity contribution in [1.82, 2.24) is 4.90 Å². The van der Waals surface area contributed by atoms with E-state index in [1.54, 1.807) is 20.8 Å². The van der Waals surface area contributed by atoms with Gasteiger partial charge in [-0.25, -0.2) is 13.6 Å². The molecule has 8 heteroatoms. The van der Waals surface area contributed by atoms with E-state index in [1.807, 2.05) is 0 Å². The zero-order valence-electron chi connectivity index (χ0n) is 10.5. The van der Waals surface area contributed by atoms with Crippen LogP contribution in [0.15, 0.2) is 0 Å². The number of rotatable bonds is 1. The van der Waals surface area contributed by atoms with E-state index in [1.165, 1.54) is 0 Å². The lowest BCUT2D eigenvalue weighted by Gasteiger charge is -2.27. The average molecular weight is 263 g/mol. The van der Waals surface area contributed by atoms with Crippen molar-refractivity contribution in [2.24, 2.45) is 5.92 Å². The molecule has 1 heterocycles. The summed E-state index contributed by atoms with van der Waals surface area (Å²) in [5.41, 5.74) is -0.711. The molecule has 2 rings (SSSR count). The fraction of sp³-hybridized carbons (Fsp3) is 0.900. The minimum Gasteiger partial charge on any atom is -0.444 e. The van der Waals surface area contributed by atoms with Gasteiger partial charge in [-0.05, 0) is 20.8 Å². The predicted molar refractivity (Wildman–Crippen MR) is 59.1 cm³/mol. The summed E-state index contributed by atoms with van der Waals surface area (Å²) in [6, 6.07) is 0. The molecule has 1 aliphatic heterocycles. The van der Waals surface area contributed by atoms with E-state index in [-0.39, 0.29) is 6.54 Å². The smallest absolute Gasteiger partial charge is 0.444 e. The van der Waals surface area contributed by atoms with Crippen LogP contribution in [0.4, 0.5) is 13.6 Å². The zero-order valence-corrected chi connectivity index (χ0v) is 10.5. The number of ether oxygens (including phenoxy) is 1. The topological polar surface area (TPSA) is 70.0 Å². The van der Waals surface area contributed by atoms with Gasteiger partial charge in [-0.2, -0.15) is 0 Å². The third-order valence-electron chi connectivity index (χ3n) is 3.56. The molecule has 2 N–H and O–H groups in total. The highest BCUT2D eigenvalue weighted by Crippen LogP contribution is 2.76. The molecule has 2 atom stereocenters. The van der Waals surface area contributed by atoms with Crippen LogP contribution in [0.1, 0.15) is 20.8 Å². The molecule has 0 aromatic rings. The first-order chi connectivity index (χ1) is 8.02. The SMILES string of the molecule is CC(C)(C)OC(=O)N1C[C@@H]2C(F)(F)[C@]2(B(O)O)C1. The Labute approximate surface area is 104 Å². The number of piperidine rings is 1. The lowest BCUT2D eigenvalue weighted by atomic mass is 9.68. The first-order valence-electron chi connectivity index (χ1n) is 5.74. The summed E-state index contributed by atoms with van der Waals surface area (Å²) in [5, 5.41) is 16.3. The number of carbonyl (C=O) groups excluding carboxylic acids is 1. The van der Waals surface area contributed by atoms with Gasteiger partial charge in [0.2, 0.25) is 0 Å². The molecule has 102 valence electrons. The monoisotopic (exact) mass is 263 g/mol. The number of fused-ring (bicyclic) bond motifs is 1. The number of hydrogen-bond donors (Lipinski definition) is 2. The number of alkyl halides is 2. The highest BCUT2D eigenvalue weighted by atomic mass is 19.3. The molecule has 18 heavy (non-hydrogen) atoms. The summed E-state index contributed by atoms with van der Waals surface area (Å²) in [7, 11) is -2.13. The molecule has 2 aliphatic rings. The first kappa shape index (κ1) is 13.5. The van der Waals surface area contributed by atoms with Crippen LogP contribution >= 0.6 is 0 Å². The number of hydrogen-bond acceptors (Lipinski definition) is 4. The van der Waals surface area contributed by atoms with Crippen LogP contribution in [-0.2, 0) is 4.74 Å². The highest BCUT2D eigenvalue weighted by Gasteiger charge is 2.88. The van der Waals surface area contributed by atoms with E-state index in [0.717, 1.165) is 4.90 Å². The molecule has 5 nitrogen and oxygen atoms in total. The molecule has 0 aromatic heterocycles. The van der Waals surface area contributed by atoms with Crippen molar-refractivity contribution in [3.8, 4) is 0 Å². The van der Waals surface area contributed by atoms with E-state index < -0.39 is 42.5 Å². The Morgan fingerprint density at radius 1 is 1.44 bits per heavy atom. The van der Waals surface area contributed by atoms with Crippen LogP contribution in [0.3, 0.4) is 0 Å². The van der Waals surface area contributed by atoms with E-state index in [0.29, 0.717) is 0 Å². The molecule has 1 saturated heterocycles. The van der Waals surface area contributed by atoms with Crippen molar-refractivity contribution < 1.29 is 28.4 Å². The maximum atomic E-state index is 13.4. The lowest BCUT2D eigenvalue weighted by Crippen LogP contribution is -2.41. The molecule has 1 saturated carbocycles. The van der Waals surface area contributed by atoms with Gasteiger partial charge in [0.15, 0.2) is 0 Å². The van der Waals surface area contributed by atoms with Crippen molar-refractivity contribution in [2.45, 2.75) is 37.6 Å². The Balaban J connectivity index is 2.05. The predicted octanol–water partition coefficient (Wildman–Crippen LogP) is 0.715. The Bertz CT molecular complexity index is 385. The van der Waals surface area contributed by atoms with Gasteiger partial charge in [0.05, 0.1) is 11.2 Å². The number of halogens is 2. The number of likely N-dealkylation sites (tertiary alicyclic amines) is 1. The summed E-state index contributed by atoms with van der Waals surface area (Å²) in [6.45, 7) is 4.42. The summed E-state index contributed by atoms with van der Waals surface area (Å²) in [6.07, 6.45) is -0.703. The highest BCUT2D eigenvalue weighted by molar-refractivity contribution is 6.48. The maximum absolute atomic E-state index is 13.4. The van der Waals surface area contributed by atoms with Crippen LogP contribution in [0.25, 0.3) is 0 Å². The Morgan fingerprint density at radius 3 is 2.39 bits per heavy atom. The summed E-state index contributed by atoms with van der Waals surface area (Å²) in [4.78, 5) is 12.8. The fourth-order valence-corrected chi connectivity index (χ4v) is 2.55. The van der Waals surface area contributed by atoms with Crippen LogP contribution in [0.2, 0.25) is 5.31 Å². The van der Waals surface area contributed by atoms with Crippen molar-refractivity contribution >= 4 is 13.2 Å². The van der Waals surface area contributed by atoms with E-state index in [4.69, 9.17) is 14.8 Å². The van der Waals surface area contributed by atoms with E-state index >= 15 is 0 Å². The standard InChI is InChI=1S/C10H16BF2NO4/c1-8(2,3)18-7(15)14-4-6-9(5-14,11(16)17)10(6,12)13/h6,16-17H,4-5H2,1-3H3/t6-,9-/m0/s1. The zero-order chi connectivity index (χ0) is 13.9. The second-order valence-corrected chi connectivity index (χ2v) is 5.95. The molecule has 0 bridgehead atoms. The Morgan fingerprint density at radius 2 is 2.00 bits per heavy atom. The van der Waals surface area contributed by atoms with Crippen molar-refractivity contribution in [3.63, 3.8) is 0 Å². The largest absolute Gasteiger partial charge is 0.466 e. The molecule has 0 aromatic carbocycles. The molecular weight excluding hydrogens is 247 g/mol. The van der Waals surface area contributed by atoms with Gasteiger partial charge in [-0.15, -0.1) is 0 Å². The average Bonchev–Trinajstić information content (AvgIpc) is 2.57. The van der Waals surface area contributed by atoms with E-state index in [9.17, 15) is 13.6 Å². The maximum Gasteiger partial charge on any atom is 0.466 e. The molecule has 1 aliphatic carbocycles. The summed E-state index contributed by atoms with van der Waals surface area (Å²) < 4.78 is 31.9. The van der Waals surface area contributed by atoms with Gasteiger partial charge in [-0.1, -0.05) is 0 Å². The molecule has 1 amide bonds. The third kappa shape index (κ3) is 1.70. The number of amides is 1. The second-order valence-electron chi connectivity index (χ2n) is 5.95. The molecule has 0 spiro atoms. The van der Waals surface area contributed by atoms with Crippen molar-refractivity contribution in [2.75, 3.05) is 13.1 Å². The third-order valence-corrected chi connectivity index (χ3v) is 3.56. The quantitative estimate of drug-likeness (QED) is 0.684. The van der Waals surface area contributed by atoms with Crippen LogP contribution in [0, 0.1) is 5.92 Å². The Hall–Kier alpha value is -0.885. The summed E-state index contributed by atoms with van der Waals surface area (Å²) >= 11 is 0. The lowest BCUT2D eigenvalue weighted by molar-refractivity contribution is 0.0115. The number of nitrogens with zero attached hydrogens (tertiary/aromatic N) is 1. The normalized spacial score (nSPS) is 33.1. The van der Waals surface area contributed by atoms with Crippen LogP contribution in [-0.4, -0.2) is 52.8 Å². The van der Waals surface area contributed by atoms with Gasteiger partial charge in [0.25, 0.3) is 5.92 Å². The van der Waals surface area contributed by atoms with Gasteiger partial charge >= 0.3 is 13.2 Å². The molecule has 2 fully saturated rings. The second kappa shape index (κ2) is 3.57. The van der Waals surface area contributed by atoms with Gasteiger partial charge < -0.3 is 19.7 Å². The molecule has 0 radical (unpaired) electrons. The van der Waals surface area contributed by atoms with Gasteiger partial charge in [0, 0.05) is 13.1 Å². The van der Waals surface area contributed by atoms with Crippen LogP contribution < -0.4 is 0 Å². The minimum absolute atomic E-state index is 0.209. The van der Waals surface area contributed by atoms with Crippen molar-refractivity contribution in [1.29, 1.82) is 0 Å². The van der Waals surface area contributed by atoms with Crippen molar-refractivity contribution in [3.05, 3.63) is 0 Å². The number of carbonyl (C=O) groups is 1. The Kier molecular flexibility index (Phi) is 2.69. The first-order valence-corrected chi connectivity index (χ1v) is 5.74. The minimum atomic E-state index is -3.13. The summed E-state index contributed by atoms with van der Waals surface area (Å²) in [5.74, 6) is -4.32. The molecular formula is C10H16BF2NO4. The molecule has 0 unspecified atom stereocenters. The fourth-order valence-electron chi connectivity index (χ4n) is 2.55. The van der Waals surface area contributed by atoms with Gasteiger partial charge in [0.1, 0.15) is 5.60 Å². The van der Waals surface area contributed by atoms with Crippen LogP contribution in [0.5, 0.6) is 0 Å².